The summed E-state index contributed by atoms with van der Waals surface area (Å²) in [5.41, 5.74) is 4.21. The van der Waals surface area contributed by atoms with E-state index in [0.717, 1.165) is 23.0 Å². The normalized spacial score (nSPS) is 10.9. The van der Waals surface area contributed by atoms with Crippen LogP contribution in [0.15, 0.2) is 85.6 Å². The molecule has 0 atom stereocenters. The number of pyridine rings is 2. The molecule has 5 rings (SSSR count). The van der Waals surface area contributed by atoms with E-state index in [4.69, 9.17) is 0 Å². The number of halogens is 1. The van der Waals surface area contributed by atoms with E-state index in [2.05, 4.69) is 25.3 Å². The first-order chi connectivity index (χ1) is 14.3. The third-order valence-corrected chi connectivity index (χ3v) is 4.52. The van der Waals surface area contributed by atoms with Crippen molar-refractivity contribution in [3.63, 3.8) is 0 Å². The summed E-state index contributed by atoms with van der Waals surface area (Å²) in [6, 6.07) is 17.5. The van der Waals surface area contributed by atoms with Crippen molar-refractivity contribution in [3.05, 3.63) is 91.4 Å². The Labute approximate surface area is 165 Å². The molecular weight excluding hydrogens is 367 g/mol. The first-order valence-corrected chi connectivity index (χ1v) is 9.00. The minimum absolute atomic E-state index is 0.170. The molecule has 0 aliphatic carbocycles. The fraction of sp³-hybridized carbons (Fsp3) is 0. The maximum absolute atomic E-state index is 14.6. The molecule has 0 bridgehead atoms. The van der Waals surface area contributed by atoms with Gasteiger partial charge in [-0.1, -0.05) is 30.3 Å². The number of rotatable bonds is 4. The Hall–Kier alpha value is -4.13. The van der Waals surface area contributed by atoms with Gasteiger partial charge in [-0.05, 0) is 35.4 Å². The van der Waals surface area contributed by atoms with E-state index in [1.807, 2.05) is 59.1 Å². The van der Waals surface area contributed by atoms with Crippen molar-refractivity contribution in [2.75, 3.05) is 5.32 Å². The summed E-state index contributed by atoms with van der Waals surface area (Å²) in [5.74, 6) is -0.239. The molecule has 0 fully saturated rings. The van der Waals surface area contributed by atoms with Crippen LogP contribution in [-0.2, 0) is 0 Å². The quantitative estimate of drug-likeness (QED) is 0.486. The van der Waals surface area contributed by atoms with Gasteiger partial charge in [0.1, 0.15) is 11.3 Å². The molecule has 0 saturated heterocycles. The maximum atomic E-state index is 14.6. The molecule has 0 unspecified atom stereocenters. The molecule has 0 amide bonds. The van der Waals surface area contributed by atoms with Gasteiger partial charge in [0, 0.05) is 12.4 Å². The molecule has 7 heteroatoms. The SMILES string of the molecule is Fc1cnc(Nc2cccnc2)nc1-c1cnc2ccc(-c3ccccc3)cn12. The second-order valence-corrected chi connectivity index (χ2v) is 6.41. The fourth-order valence-electron chi connectivity index (χ4n) is 3.13. The largest absolute Gasteiger partial charge is 0.323 e. The van der Waals surface area contributed by atoms with Crippen LogP contribution in [0.5, 0.6) is 0 Å². The molecule has 0 aliphatic rings. The third-order valence-electron chi connectivity index (χ3n) is 4.52. The molecule has 1 N–H and O–H groups in total. The zero-order valence-electron chi connectivity index (χ0n) is 15.2. The summed E-state index contributed by atoms with van der Waals surface area (Å²) in [6.07, 6.45) is 8.02. The second kappa shape index (κ2) is 7.12. The molecule has 29 heavy (non-hydrogen) atoms. The average molecular weight is 382 g/mol. The summed E-state index contributed by atoms with van der Waals surface area (Å²) in [4.78, 5) is 16.8. The first kappa shape index (κ1) is 17.0. The van der Waals surface area contributed by atoms with Gasteiger partial charge in [-0.3, -0.25) is 9.38 Å². The highest BCUT2D eigenvalue weighted by atomic mass is 19.1. The second-order valence-electron chi connectivity index (χ2n) is 6.41. The standard InChI is InChI=1S/C22H15FN6/c23-18-12-26-22(27-17-7-4-10-24-11-17)28-21(18)19-13-25-20-9-8-16(14-29(19)20)15-5-2-1-3-6-15/h1-14H,(H,26,27,28). The van der Waals surface area contributed by atoms with Crippen LogP contribution in [-0.4, -0.2) is 24.3 Å². The van der Waals surface area contributed by atoms with Crippen molar-refractivity contribution < 1.29 is 4.39 Å². The number of aromatic nitrogens is 5. The van der Waals surface area contributed by atoms with Crippen molar-refractivity contribution in [3.8, 4) is 22.5 Å². The Morgan fingerprint density at radius 1 is 0.828 bits per heavy atom. The number of benzene rings is 1. The topological polar surface area (TPSA) is 68.0 Å². The molecule has 0 aliphatic heterocycles. The van der Waals surface area contributed by atoms with E-state index in [9.17, 15) is 4.39 Å². The monoisotopic (exact) mass is 382 g/mol. The molecular formula is C22H15FN6. The highest BCUT2D eigenvalue weighted by Gasteiger charge is 2.15. The molecule has 1 aromatic carbocycles. The Balaban J connectivity index is 1.59. The Morgan fingerprint density at radius 2 is 1.72 bits per heavy atom. The molecule has 4 heterocycles. The summed E-state index contributed by atoms with van der Waals surface area (Å²) < 4.78 is 16.5. The smallest absolute Gasteiger partial charge is 0.228 e. The summed E-state index contributed by atoms with van der Waals surface area (Å²) >= 11 is 0. The molecule has 140 valence electrons. The molecule has 6 nitrogen and oxygen atoms in total. The fourth-order valence-corrected chi connectivity index (χ4v) is 3.13. The van der Waals surface area contributed by atoms with Gasteiger partial charge in [-0.15, -0.1) is 0 Å². The van der Waals surface area contributed by atoms with E-state index in [0.29, 0.717) is 11.3 Å². The van der Waals surface area contributed by atoms with Crippen LogP contribution in [0, 0.1) is 5.82 Å². The lowest BCUT2D eigenvalue weighted by atomic mass is 10.1. The number of hydrogen-bond donors (Lipinski definition) is 1. The number of fused-ring (bicyclic) bond motifs is 1. The van der Waals surface area contributed by atoms with Crippen molar-refractivity contribution in [2.45, 2.75) is 0 Å². The third kappa shape index (κ3) is 3.29. The van der Waals surface area contributed by atoms with Gasteiger partial charge >= 0.3 is 0 Å². The van der Waals surface area contributed by atoms with Crippen molar-refractivity contribution in [2.24, 2.45) is 0 Å². The van der Waals surface area contributed by atoms with Crippen molar-refractivity contribution >= 4 is 17.3 Å². The van der Waals surface area contributed by atoms with Gasteiger partial charge in [0.15, 0.2) is 5.82 Å². The zero-order chi connectivity index (χ0) is 19.6. The van der Waals surface area contributed by atoms with E-state index < -0.39 is 5.82 Å². The number of nitrogens with zero attached hydrogens (tertiary/aromatic N) is 5. The van der Waals surface area contributed by atoms with Crippen LogP contribution >= 0.6 is 0 Å². The van der Waals surface area contributed by atoms with Crippen LogP contribution in [0.25, 0.3) is 28.2 Å². The minimum atomic E-state index is -0.520. The summed E-state index contributed by atoms with van der Waals surface area (Å²) in [6.45, 7) is 0. The lowest BCUT2D eigenvalue weighted by Gasteiger charge is -2.08. The van der Waals surface area contributed by atoms with E-state index in [-0.39, 0.29) is 11.6 Å². The van der Waals surface area contributed by atoms with Crippen LogP contribution in [0.4, 0.5) is 16.0 Å². The van der Waals surface area contributed by atoms with Gasteiger partial charge in [-0.25, -0.2) is 19.3 Å². The molecule has 0 saturated carbocycles. The minimum Gasteiger partial charge on any atom is -0.323 e. The summed E-state index contributed by atoms with van der Waals surface area (Å²) in [7, 11) is 0. The molecule has 0 spiro atoms. The van der Waals surface area contributed by atoms with Crippen LogP contribution in [0.3, 0.4) is 0 Å². The van der Waals surface area contributed by atoms with Gasteiger partial charge in [0.25, 0.3) is 0 Å². The van der Waals surface area contributed by atoms with Gasteiger partial charge in [0.2, 0.25) is 5.95 Å². The molecule has 5 aromatic rings. The van der Waals surface area contributed by atoms with E-state index in [1.165, 1.54) is 0 Å². The number of anilines is 2. The first-order valence-electron chi connectivity index (χ1n) is 9.00. The Bertz CT molecular complexity index is 1280. The lowest BCUT2D eigenvalue weighted by Crippen LogP contribution is -2.02. The van der Waals surface area contributed by atoms with E-state index in [1.54, 1.807) is 24.7 Å². The maximum Gasteiger partial charge on any atom is 0.228 e. The van der Waals surface area contributed by atoms with Crippen molar-refractivity contribution in [1.29, 1.82) is 0 Å². The predicted molar refractivity (Wildman–Crippen MR) is 109 cm³/mol. The highest BCUT2D eigenvalue weighted by molar-refractivity contribution is 5.68. The lowest BCUT2D eigenvalue weighted by molar-refractivity contribution is 0.618. The predicted octanol–water partition coefficient (Wildman–Crippen LogP) is 4.74. The highest BCUT2D eigenvalue weighted by Crippen LogP contribution is 2.26. The van der Waals surface area contributed by atoms with Crippen molar-refractivity contribution in [1.82, 2.24) is 24.3 Å². The number of nitrogens with one attached hydrogen (secondary N) is 1. The molecule has 4 aromatic heterocycles. The van der Waals surface area contributed by atoms with Gasteiger partial charge in [0.05, 0.1) is 30.0 Å². The molecule has 0 radical (unpaired) electrons. The zero-order valence-corrected chi connectivity index (χ0v) is 15.2. The van der Waals surface area contributed by atoms with E-state index >= 15 is 0 Å². The van der Waals surface area contributed by atoms with Gasteiger partial charge < -0.3 is 5.32 Å². The van der Waals surface area contributed by atoms with Gasteiger partial charge in [-0.2, -0.15) is 0 Å². The Morgan fingerprint density at radius 3 is 2.55 bits per heavy atom. The van der Waals surface area contributed by atoms with Crippen LogP contribution in [0.1, 0.15) is 0 Å². The number of hydrogen-bond acceptors (Lipinski definition) is 5. The Kier molecular flexibility index (Phi) is 4.18. The van der Waals surface area contributed by atoms with Crippen LogP contribution < -0.4 is 5.32 Å². The summed E-state index contributed by atoms with van der Waals surface area (Å²) in [5, 5.41) is 3.04. The number of imidazole rings is 1. The van der Waals surface area contributed by atoms with Crippen LogP contribution in [0.2, 0.25) is 0 Å². The average Bonchev–Trinajstić information content (AvgIpc) is 3.19.